The van der Waals surface area contributed by atoms with Crippen molar-refractivity contribution in [2.24, 2.45) is 5.92 Å². The second kappa shape index (κ2) is 6.82. The van der Waals surface area contributed by atoms with Gasteiger partial charge in [-0.1, -0.05) is 43.1 Å². The fourth-order valence-corrected chi connectivity index (χ4v) is 3.63. The van der Waals surface area contributed by atoms with Crippen LogP contribution in [0.25, 0.3) is 0 Å². The fraction of sp³-hybridized carbons (Fsp3) is 0.400. The Hall–Kier alpha value is -2.35. The highest BCUT2D eigenvalue weighted by molar-refractivity contribution is 7.15. The number of rotatable bonds is 5. The molecule has 7 nitrogen and oxygen atoms in total. The van der Waals surface area contributed by atoms with Gasteiger partial charge in [0.05, 0.1) is 4.92 Å². The summed E-state index contributed by atoms with van der Waals surface area (Å²) in [4.78, 5) is 22.4. The minimum Gasteiger partial charge on any atom is -0.296 e. The number of aromatic nitrogens is 2. The first-order chi connectivity index (χ1) is 11.1. The smallest absolute Gasteiger partial charge is 0.270 e. The van der Waals surface area contributed by atoms with Gasteiger partial charge >= 0.3 is 0 Å². The van der Waals surface area contributed by atoms with Crippen LogP contribution in [0.5, 0.6) is 0 Å². The molecule has 0 spiro atoms. The summed E-state index contributed by atoms with van der Waals surface area (Å²) in [5, 5.41) is 22.9. The summed E-state index contributed by atoms with van der Waals surface area (Å²) >= 11 is 1.37. The summed E-state index contributed by atoms with van der Waals surface area (Å²) in [6.45, 7) is 0. The van der Waals surface area contributed by atoms with Gasteiger partial charge in [0.25, 0.3) is 11.6 Å². The number of non-ortho nitro benzene ring substituents is 1. The minimum atomic E-state index is -0.526. The van der Waals surface area contributed by atoms with Crippen LogP contribution < -0.4 is 5.32 Å². The Morgan fingerprint density at radius 1 is 1.35 bits per heavy atom. The van der Waals surface area contributed by atoms with Gasteiger partial charge in [0, 0.05) is 24.1 Å². The molecule has 0 saturated heterocycles. The molecule has 1 aliphatic carbocycles. The van der Waals surface area contributed by atoms with E-state index in [0.717, 1.165) is 11.4 Å². The molecular weight excluding hydrogens is 316 g/mol. The van der Waals surface area contributed by atoms with E-state index in [0.29, 0.717) is 11.0 Å². The Balaban J connectivity index is 1.64. The predicted octanol–water partition coefficient (Wildman–Crippen LogP) is 3.43. The second-order valence-electron chi connectivity index (χ2n) is 5.62. The molecule has 1 fully saturated rings. The van der Waals surface area contributed by atoms with Crippen molar-refractivity contribution >= 4 is 28.1 Å². The standard InChI is InChI=1S/C15H16N4O3S/c20-14(11-6-3-7-12(9-11)19(21)22)16-15-18-17-13(23-15)8-10-4-1-2-5-10/h3,6-7,9-10H,1-2,4-5,8H2,(H,16,18,20). The summed E-state index contributed by atoms with van der Waals surface area (Å²) in [5.74, 6) is 0.251. The number of nitrogens with zero attached hydrogens (tertiary/aromatic N) is 3. The van der Waals surface area contributed by atoms with E-state index in [1.807, 2.05) is 0 Å². The van der Waals surface area contributed by atoms with E-state index in [9.17, 15) is 14.9 Å². The van der Waals surface area contributed by atoms with Crippen molar-refractivity contribution in [3.63, 3.8) is 0 Å². The van der Waals surface area contributed by atoms with Gasteiger partial charge < -0.3 is 0 Å². The van der Waals surface area contributed by atoms with E-state index in [1.54, 1.807) is 0 Å². The topological polar surface area (TPSA) is 98.0 Å². The van der Waals surface area contributed by atoms with Crippen LogP contribution in [0.3, 0.4) is 0 Å². The summed E-state index contributed by atoms with van der Waals surface area (Å²) < 4.78 is 0. The lowest BCUT2D eigenvalue weighted by Gasteiger charge is -2.03. The Bertz CT molecular complexity index is 725. The van der Waals surface area contributed by atoms with Crippen molar-refractivity contribution in [2.45, 2.75) is 32.1 Å². The SMILES string of the molecule is O=C(Nc1nnc(CC2CCCC2)s1)c1cccc([N+](=O)[O-])c1. The van der Waals surface area contributed by atoms with Gasteiger partial charge in [-0.15, -0.1) is 10.2 Å². The van der Waals surface area contributed by atoms with Crippen molar-refractivity contribution in [2.75, 3.05) is 5.32 Å². The zero-order chi connectivity index (χ0) is 16.2. The van der Waals surface area contributed by atoms with Crippen molar-refractivity contribution in [3.8, 4) is 0 Å². The zero-order valence-corrected chi connectivity index (χ0v) is 13.2. The molecule has 3 rings (SSSR count). The van der Waals surface area contributed by atoms with Gasteiger partial charge in [0.2, 0.25) is 5.13 Å². The first kappa shape index (κ1) is 15.5. The summed E-state index contributed by atoms with van der Waals surface area (Å²) in [7, 11) is 0. The molecule has 1 N–H and O–H groups in total. The monoisotopic (exact) mass is 332 g/mol. The Kier molecular flexibility index (Phi) is 4.61. The lowest BCUT2D eigenvalue weighted by atomic mass is 10.1. The van der Waals surface area contributed by atoms with Crippen LogP contribution in [0.1, 0.15) is 41.0 Å². The fourth-order valence-electron chi connectivity index (χ4n) is 2.78. The molecule has 1 heterocycles. The normalized spacial score (nSPS) is 14.8. The van der Waals surface area contributed by atoms with Crippen LogP contribution in [0.4, 0.5) is 10.8 Å². The van der Waals surface area contributed by atoms with Crippen LogP contribution in [0, 0.1) is 16.0 Å². The molecule has 23 heavy (non-hydrogen) atoms. The van der Waals surface area contributed by atoms with Gasteiger partial charge in [0.1, 0.15) is 5.01 Å². The van der Waals surface area contributed by atoms with E-state index in [-0.39, 0.29) is 11.3 Å². The Labute approximate surface area is 136 Å². The minimum absolute atomic E-state index is 0.114. The Morgan fingerprint density at radius 2 is 2.13 bits per heavy atom. The number of benzene rings is 1. The number of hydrogen-bond donors (Lipinski definition) is 1. The number of nitrogens with one attached hydrogen (secondary N) is 1. The molecule has 1 amide bonds. The quantitative estimate of drug-likeness (QED) is 0.668. The predicted molar refractivity (Wildman–Crippen MR) is 86.6 cm³/mol. The van der Waals surface area contributed by atoms with Crippen LogP contribution in [-0.2, 0) is 6.42 Å². The number of nitro benzene ring substituents is 1. The van der Waals surface area contributed by atoms with Crippen molar-refractivity contribution in [1.29, 1.82) is 0 Å². The lowest BCUT2D eigenvalue weighted by Crippen LogP contribution is -2.11. The number of carbonyl (C=O) groups is 1. The van der Waals surface area contributed by atoms with E-state index in [2.05, 4.69) is 15.5 Å². The molecule has 120 valence electrons. The first-order valence-corrected chi connectivity index (χ1v) is 8.31. The molecule has 1 aliphatic rings. The molecule has 0 unspecified atom stereocenters. The first-order valence-electron chi connectivity index (χ1n) is 7.50. The van der Waals surface area contributed by atoms with E-state index < -0.39 is 10.8 Å². The molecular formula is C15H16N4O3S. The number of nitro groups is 1. The Morgan fingerprint density at radius 3 is 2.87 bits per heavy atom. The van der Waals surface area contributed by atoms with Crippen LogP contribution in [-0.4, -0.2) is 21.0 Å². The molecule has 2 aromatic rings. The average Bonchev–Trinajstić information content (AvgIpc) is 3.20. The highest BCUT2D eigenvalue weighted by Crippen LogP contribution is 2.29. The van der Waals surface area contributed by atoms with Crippen molar-refractivity contribution < 1.29 is 9.72 Å². The van der Waals surface area contributed by atoms with Crippen LogP contribution in [0.15, 0.2) is 24.3 Å². The molecule has 0 radical (unpaired) electrons. The van der Waals surface area contributed by atoms with Gasteiger partial charge in [-0.3, -0.25) is 20.2 Å². The van der Waals surface area contributed by atoms with Crippen molar-refractivity contribution in [1.82, 2.24) is 10.2 Å². The van der Waals surface area contributed by atoms with E-state index in [1.165, 1.54) is 61.3 Å². The number of amides is 1. The molecule has 8 heteroatoms. The van der Waals surface area contributed by atoms with E-state index in [4.69, 9.17) is 0 Å². The molecule has 0 bridgehead atoms. The number of hydrogen-bond acceptors (Lipinski definition) is 6. The summed E-state index contributed by atoms with van der Waals surface area (Å²) in [6.07, 6.45) is 5.92. The maximum absolute atomic E-state index is 12.1. The number of anilines is 1. The third-order valence-corrected chi connectivity index (χ3v) is 4.81. The van der Waals surface area contributed by atoms with Crippen molar-refractivity contribution in [3.05, 3.63) is 45.0 Å². The van der Waals surface area contributed by atoms with E-state index >= 15 is 0 Å². The number of carbonyl (C=O) groups excluding carboxylic acids is 1. The molecule has 1 aromatic heterocycles. The third-order valence-electron chi connectivity index (χ3n) is 3.94. The lowest BCUT2D eigenvalue weighted by molar-refractivity contribution is -0.384. The largest absolute Gasteiger partial charge is 0.296 e. The highest BCUT2D eigenvalue weighted by Gasteiger charge is 2.18. The summed E-state index contributed by atoms with van der Waals surface area (Å²) in [6, 6.07) is 5.61. The van der Waals surface area contributed by atoms with Gasteiger partial charge in [-0.25, -0.2) is 0 Å². The van der Waals surface area contributed by atoms with Gasteiger partial charge in [0.15, 0.2) is 0 Å². The van der Waals surface area contributed by atoms with Gasteiger partial charge in [-0.2, -0.15) is 0 Å². The average molecular weight is 332 g/mol. The van der Waals surface area contributed by atoms with Gasteiger partial charge in [-0.05, 0) is 12.0 Å². The van der Waals surface area contributed by atoms with Crippen LogP contribution >= 0.6 is 11.3 Å². The second-order valence-corrected chi connectivity index (χ2v) is 6.68. The molecule has 0 aliphatic heterocycles. The third kappa shape index (κ3) is 3.89. The van der Waals surface area contributed by atoms with Crippen LogP contribution in [0.2, 0.25) is 0 Å². The molecule has 0 atom stereocenters. The molecule has 1 saturated carbocycles. The molecule has 1 aromatic carbocycles. The maximum atomic E-state index is 12.1. The summed E-state index contributed by atoms with van der Waals surface area (Å²) in [5.41, 5.74) is 0.114. The maximum Gasteiger partial charge on any atom is 0.270 e. The zero-order valence-electron chi connectivity index (χ0n) is 12.4. The highest BCUT2D eigenvalue weighted by atomic mass is 32.1.